The van der Waals surface area contributed by atoms with Gasteiger partial charge in [0.25, 0.3) is 0 Å². The van der Waals surface area contributed by atoms with Crippen LogP contribution >= 0.6 is 23.2 Å². The fourth-order valence-electron chi connectivity index (χ4n) is 2.25. The molecule has 1 N–H and O–H groups in total. The Morgan fingerprint density at radius 2 is 1.90 bits per heavy atom. The van der Waals surface area contributed by atoms with Gasteiger partial charge < -0.3 is 5.32 Å². The summed E-state index contributed by atoms with van der Waals surface area (Å²) in [6.45, 7) is 2.01. The van der Waals surface area contributed by atoms with E-state index in [4.69, 9.17) is 23.2 Å². The SMILES string of the molecule is CNC(Cc1ccc(F)c(Cl)c1)c1cc(C)cc(Cl)c1. The van der Waals surface area contributed by atoms with Crippen LogP contribution in [0, 0.1) is 12.7 Å². The van der Waals surface area contributed by atoms with Gasteiger partial charge in [-0.15, -0.1) is 0 Å². The van der Waals surface area contributed by atoms with Gasteiger partial charge in [-0.2, -0.15) is 0 Å². The van der Waals surface area contributed by atoms with Crippen LogP contribution in [-0.4, -0.2) is 7.05 Å². The number of nitrogens with one attached hydrogen (secondary N) is 1. The molecule has 0 fully saturated rings. The Balaban J connectivity index is 2.26. The highest BCUT2D eigenvalue weighted by Crippen LogP contribution is 2.25. The molecule has 4 heteroatoms. The third-order valence-corrected chi connectivity index (χ3v) is 3.75. The Morgan fingerprint density at radius 3 is 2.50 bits per heavy atom. The molecule has 0 saturated carbocycles. The lowest BCUT2D eigenvalue weighted by atomic mass is 9.97. The van der Waals surface area contributed by atoms with Crippen molar-refractivity contribution in [2.24, 2.45) is 0 Å². The van der Waals surface area contributed by atoms with Crippen LogP contribution in [0.3, 0.4) is 0 Å². The minimum Gasteiger partial charge on any atom is -0.313 e. The third kappa shape index (κ3) is 3.72. The minimum atomic E-state index is -0.393. The average molecular weight is 312 g/mol. The number of likely N-dealkylation sites (N-methyl/N-ethyl adjacent to an activating group) is 1. The largest absolute Gasteiger partial charge is 0.313 e. The third-order valence-electron chi connectivity index (χ3n) is 3.24. The Hall–Kier alpha value is -1.09. The molecule has 2 aromatic rings. The summed E-state index contributed by atoms with van der Waals surface area (Å²) in [4.78, 5) is 0. The topological polar surface area (TPSA) is 12.0 Å². The van der Waals surface area contributed by atoms with Gasteiger partial charge in [0.1, 0.15) is 5.82 Å². The predicted octanol–water partition coefficient (Wildman–Crippen LogP) is 4.94. The van der Waals surface area contributed by atoms with Crippen molar-refractivity contribution >= 4 is 23.2 Å². The maximum Gasteiger partial charge on any atom is 0.141 e. The number of halogens is 3. The molecule has 0 heterocycles. The summed E-state index contributed by atoms with van der Waals surface area (Å²) in [7, 11) is 1.89. The van der Waals surface area contributed by atoms with Crippen molar-refractivity contribution in [1.82, 2.24) is 5.32 Å². The van der Waals surface area contributed by atoms with E-state index in [1.54, 1.807) is 12.1 Å². The smallest absolute Gasteiger partial charge is 0.141 e. The number of hydrogen-bond donors (Lipinski definition) is 1. The van der Waals surface area contributed by atoms with E-state index < -0.39 is 5.82 Å². The lowest BCUT2D eigenvalue weighted by Gasteiger charge is -2.18. The van der Waals surface area contributed by atoms with Crippen molar-refractivity contribution in [2.75, 3.05) is 7.05 Å². The van der Waals surface area contributed by atoms with Crippen molar-refractivity contribution < 1.29 is 4.39 Å². The van der Waals surface area contributed by atoms with Crippen molar-refractivity contribution in [3.8, 4) is 0 Å². The van der Waals surface area contributed by atoms with E-state index in [1.807, 2.05) is 26.1 Å². The molecule has 0 spiro atoms. The molecular weight excluding hydrogens is 296 g/mol. The summed E-state index contributed by atoms with van der Waals surface area (Å²) in [5.41, 5.74) is 3.20. The summed E-state index contributed by atoms with van der Waals surface area (Å²) in [5, 5.41) is 4.13. The van der Waals surface area contributed by atoms with E-state index in [2.05, 4.69) is 11.4 Å². The molecule has 20 heavy (non-hydrogen) atoms. The van der Waals surface area contributed by atoms with E-state index in [0.29, 0.717) is 0 Å². The fraction of sp³-hybridized carbons (Fsp3) is 0.250. The van der Waals surface area contributed by atoms with Crippen LogP contribution in [0.5, 0.6) is 0 Å². The van der Waals surface area contributed by atoms with Crippen LogP contribution in [0.25, 0.3) is 0 Å². The van der Waals surface area contributed by atoms with E-state index in [0.717, 1.165) is 28.1 Å². The maximum absolute atomic E-state index is 13.2. The number of aryl methyl sites for hydroxylation is 1. The van der Waals surface area contributed by atoms with Crippen LogP contribution in [0.1, 0.15) is 22.7 Å². The summed E-state index contributed by atoms with van der Waals surface area (Å²) in [5.74, 6) is -0.393. The van der Waals surface area contributed by atoms with Gasteiger partial charge in [0.05, 0.1) is 5.02 Å². The lowest BCUT2D eigenvalue weighted by molar-refractivity contribution is 0.588. The molecule has 0 aliphatic rings. The molecule has 106 valence electrons. The second kappa shape index (κ2) is 6.57. The molecule has 0 radical (unpaired) electrons. The lowest BCUT2D eigenvalue weighted by Crippen LogP contribution is -2.19. The van der Waals surface area contributed by atoms with Gasteiger partial charge in [-0.3, -0.25) is 0 Å². The molecule has 0 aliphatic heterocycles. The van der Waals surface area contributed by atoms with Gasteiger partial charge in [-0.05, 0) is 61.3 Å². The number of benzene rings is 2. The summed E-state index contributed by atoms with van der Waals surface area (Å²) < 4.78 is 13.2. The van der Waals surface area contributed by atoms with Gasteiger partial charge in [0, 0.05) is 11.1 Å². The fourth-order valence-corrected chi connectivity index (χ4v) is 2.76. The Bertz CT molecular complexity index is 593. The first-order chi connectivity index (χ1) is 9.49. The Labute approximate surface area is 128 Å². The zero-order valence-corrected chi connectivity index (χ0v) is 12.9. The van der Waals surface area contributed by atoms with E-state index in [1.165, 1.54) is 6.07 Å². The second-order valence-electron chi connectivity index (χ2n) is 4.86. The zero-order valence-electron chi connectivity index (χ0n) is 11.4. The minimum absolute atomic E-state index is 0.105. The Morgan fingerprint density at radius 1 is 1.15 bits per heavy atom. The van der Waals surface area contributed by atoms with E-state index in [9.17, 15) is 4.39 Å². The van der Waals surface area contributed by atoms with Crippen molar-refractivity contribution in [3.63, 3.8) is 0 Å². The summed E-state index contributed by atoms with van der Waals surface area (Å²) in [6.07, 6.45) is 0.719. The molecule has 0 aromatic heterocycles. The van der Waals surface area contributed by atoms with Crippen LogP contribution in [0.2, 0.25) is 10.0 Å². The molecule has 0 aliphatic carbocycles. The molecule has 2 rings (SSSR count). The number of rotatable bonds is 4. The highest BCUT2D eigenvalue weighted by Gasteiger charge is 2.12. The summed E-state index contributed by atoms with van der Waals surface area (Å²) >= 11 is 11.9. The van der Waals surface area contributed by atoms with E-state index in [-0.39, 0.29) is 11.1 Å². The van der Waals surface area contributed by atoms with Gasteiger partial charge in [-0.25, -0.2) is 4.39 Å². The van der Waals surface area contributed by atoms with Gasteiger partial charge in [-0.1, -0.05) is 35.3 Å². The predicted molar refractivity (Wildman–Crippen MR) is 83.1 cm³/mol. The van der Waals surface area contributed by atoms with Gasteiger partial charge >= 0.3 is 0 Å². The average Bonchev–Trinajstić information content (AvgIpc) is 2.38. The van der Waals surface area contributed by atoms with Crippen LogP contribution < -0.4 is 5.32 Å². The van der Waals surface area contributed by atoms with Crippen molar-refractivity contribution in [2.45, 2.75) is 19.4 Å². The molecule has 0 bridgehead atoms. The summed E-state index contributed by atoms with van der Waals surface area (Å²) in [6, 6.07) is 10.9. The van der Waals surface area contributed by atoms with Crippen LogP contribution in [0.15, 0.2) is 36.4 Å². The molecule has 0 saturated heterocycles. The second-order valence-corrected chi connectivity index (χ2v) is 5.70. The van der Waals surface area contributed by atoms with Gasteiger partial charge in [0.2, 0.25) is 0 Å². The maximum atomic E-state index is 13.2. The number of hydrogen-bond acceptors (Lipinski definition) is 1. The van der Waals surface area contributed by atoms with Crippen LogP contribution in [0.4, 0.5) is 4.39 Å². The van der Waals surface area contributed by atoms with Gasteiger partial charge in [0.15, 0.2) is 0 Å². The normalized spacial score (nSPS) is 12.4. The molecule has 1 nitrogen and oxygen atoms in total. The van der Waals surface area contributed by atoms with E-state index >= 15 is 0 Å². The molecule has 2 aromatic carbocycles. The van der Waals surface area contributed by atoms with Crippen LogP contribution in [-0.2, 0) is 6.42 Å². The van der Waals surface area contributed by atoms with Crippen molar-refractivity contribution in [3.05, 3.63) is 69.0 Å². The molecule has 1 atom stereocenters. The molecular formula is C16H16Cl2FN. The first-order valence-corrected chi connectivity index (χ1v) is 7.13. The first kappa shape index (κ1) is 15.3. The molecule has 1 unspecified atom stereocenters. The molecule has 0 amide bonds. The monoisotopic (exact) mass is 311 g/mol. The Kier molecular flexibility index (Phi) is 5.03. The quantitative estimate of drug-likeness (QED) is 0.843. The first-order valence-electron chi connectivity index (χ1n) is 6.38. The highest BCUT2D eigenvalue weighted by atomic mass is 35.5. The van der Waals surface area contributed by atoms with Crippen molar-refractivity contribution in [1.29, 1.82) is 0 Å². The zero-order chi connectivity index (χ0) is 14.7. The highest BCUT2D eigenvalue weighted by molar-refractivity contribution is 6.31. The standard InChI is InChI=1S/C16H16Cl2FN/c1-10-5-12(9-13(17)6-10)16(20-2)8-11-3-4-15(19)14(18)7-11/h3-7,9,16,20H,8H2,1-2H3.